The summed E-state index contributed by atoms with van der Waals surface area (Å²) in [4.78, 5) is 16.5. The Labute approximate surface area is 175 Å². The highest BCUT2D eigenvalue weighted by molar-refractivity contribution is 7.90. The van der Waals surface area contributed by atoms with Gasteiger partial charge >= 0.3 is 10.2 Å². The Morgan fingerprint density at radius 1 is 0.900 bits per heavy atom. The van der Waals surface area contributed by atoms with Crippen molar-refractivity contribution in [2.45, 2.75) is 0 Å². The maximum Gasteiger partial charge on any atom is 0.304 e. The number of piperazine rings is 1. The molecule has 1 amide bonds. The zero-order valence-electron chi connectivity index (χ0n) is 16.8. The molecule has 0 radical (unpaired) electrons. The first kappa shape index (κ1) is 22.0. The minimum absolute atomic E-state index is 0.211. The fraction of sp³-hybridized carbons (Fsp3) is 0.350. The molecule has 1 heterocycles. The van der Waals surface area contributed by atoms with E-state index in [0.29, 0.717) is 26.2 Å². The minimum Gasteiger partial charge on any atom is -0.368 e. The van der Waals surface area contributed by atoms with Crippen LogP contribution < -0.4 is 9.21 Å². The zero-order valence-corrected chi connectivity index (χ0v) is 17.6. The lowest BCUT2D eigenvalue weighted by Crippen LogP contribution is -2.53. The molecule has 1 fully saturated rings. The van der Waals surface area contributed by atoms with Crippen LogP contribution in [0.5, 0.6) is 0 Å². The molecular formula is C20H24F2N4O3S. The molecule has 0 N–H and O–H groups in total. The number of anilines is 2. The van der Waals surface area contributed by atoms with Crippen molar-refractivity contribution in [3.63, 3.8) is 0 Å². The molecule has 162 valence electrons. The molecule has 0 spiro atoms. The number of rotatable bonds is 6. The first-order chi connectivity index (χ1) is 14.2. The number of carbonyl (C=O) groups is 1. The second-order valence-corrected chi connectivity index (χ2v) is 9.18. The van der Waals surface area contributed by atoms with E-state index in [9.17, 15) is 22.0 Å². The number of hydrogen-bond donors (Lipinski definition) is 0. The Balaban J connectivity index is 1.70. The molecule has 30 heavy (non-hydrogen) atoms. The maximum absolute atomic E-state index is 13.3. The largest absolute Gasteiger partial charge is 0.368 e. The van der Waals surface area contributed by atoms with Crippen molar-refractivity contribution >= 4 is 27.5 Å². The lowest BCUT2D eigenvalue weighted by molar-refractivity contribution is -0.129. The van der Waals surface area contributed by atoms with Crippen molar-refractivity contribution in [1.29, 1.82) is 0 Å². The van der Waals surface area contributed by atoms with E-state index in [2.05, 4.69) is 0 Å². The maximum atomic E-state index is 13.3. The topological polar surface area (TPSA) is 64.2 Å². The molecule has 3 rings (SSSR count). The SMILES string of the molecule is CN(C)S(=O)(=O)N(CC(=O)N1CCN(c2ccc(F)cc2)CC1)c1ccc(F)cc1. The van der Waals surface area contributed by atoms with Crippen LogP contribution in [-0.4, -0.2) is 70.3 Å². The summed E-state index contributed by atoms with van der Waals surface area (Å²) in [6.45, 7) is 1.54. The van der Waals surface area contributed by atoms with E-state index in [1.807, 2.05) is 4.90 Å². The van der Waals surface area contributed by atoms with Crippen molar-refractivity contribution in [3.8, 4) is 0 Å². The van der Waals surface area contributed by atoms with Crippen LogP contribution in [-0.2, 0) is 15.0 Å². The van der Waals surface area contributed by atoms with E-state index < -0.39 is 16.0 Å². The summed E-state index contributed by atoms with van der Waals surface area (Å²) in [5, 5.41) is 0. The van der Waals surface area contributed by atoms with Gasteiger partial charge in [-0.2, -0.15) is 12.7 Å². The lowest BCUT2D eigenvalue weighted by Gasteiger charge is -2.37. The van der Waals surface area contributed by atoms with Gasteiger partial charge in [0.2, 0.25) is 5.91 Å². The Bertz CT molecular complexity index is 974. The highest BCUT2D eigenvalue weighted by Crippen LogP contribution is 2.21. The van der Waals surface area contributed by atoms with Crippen LogP contribution in [0.15, 0.2) is 48.5 Å². The molecule has 10 heteroatoms. The highest BCUT2D eigenvalue weighted by atomic mass is 32.2. The summed E-state index contributed by atoms with van der Waals surface area (Å²) in [7, 11) is -1.20. The van der Waals surface area contributed by atoms with Crippen LogP contribution in [0.3, 0.4) is 0 Å². The molecule has 0 unspecified atom stereocenters. The Morgan fingerprint density at radius 2 is 1.40 bits per heavy atom. The average molecular weight is 439 g/mol. The fourth-order valence-electron chi connectivity index (χ4n) is 3.20. The quantitative estimate of drug-likeness (QED) is 0.692. The van der Waals surface area contributed by atoms with Crippen LogP contribution in [0, 0.1) is 11.6 Å². The average Bonchev–Trinajstić information content (AvgIpc) is 2.73. The van der Waals surface area contributed by atoms with Crippen molar-refractivity contribution in [2.24, 2.45) is 0 Å². The third-order valence-corrected chi connectivity index (χ3v) is 6.78. The van der Waals surface area contributed by atoms with Crippen LogP contribution in [0.4, 0.5) is 20.2 Å². The van der Waals surface area contributed by atoms with Crippen LogP contribution in [0.1, 0.15) is 0 Å². The second kappa shape index (κ2) is 8.97. The number of carbonyl (C=O) groups excluding carboxylic acids is 1. The summed E-state index contributed by atoms with van der Waals surface area (Å²) >= 11 is 0. The highest BCUT2D eigenvalue weighted by Gasteiger charge is 2.30. The van der Waals surface area contributed by atoms with Gasteiger partial charge in [-0.25, -0.2) is 13.1 Å². The van der Waals surface area contributed by atoms with Crippen LogP contribution in [0.25, 0.3) is 0 Å². The molecule has 1 saturated heterocycles. The van der Waals surface area contributed by atoms with Gasteiger partial charge in [0.25, 0.3) is 0 Å². The van der Waals surface area contributed by atoms with E-state index in [1.54, 1.807) is 17.0 Å². The fourth-order valence-corrected chi connectivity index (χ4v) is 4.26. The summed E-state index contributed by atoms with van der Waals surface area (Å²) in [5.74, 6) is -1.15. The summed E-state index contributed by atoms with van der Waals surface area (Å²) in [6.07, 6.45) is 0. The van der Waals surface area contributed by atoms with Gasteiger partial charge in [-0.05, 0) is 48.5 Å². The van der Waals surface area contributed by atoms with Gasteiger partial charge in [-0.1, -0.05) is 0 Å². The minimum atomic E-state index is -3.95. The van der Waals surface area contributed by atoms with E-state index in [-0.39, 0.29) is 24.0 Å². The lowest BCUT2D eigenvalue weighted by atomic mass is 10.2. The molecule has 2 aromatic carbocycles. The normalized spacial score (nSPS) is 14.8. The molecule has 0 aliphatic carbocycles. The number of hydrogen-bond acceptors (Lipinski definition) is 4. The van der Waals surface area contributed by atoms with Crippen LogP contribution >= 0.6 is 0 Å². The first-order valence-electron chi connectivity index (χ1n) is 9.42. The smallest absolute Gasteiger partial charge is 0.304 e. The van der Waals surface area contributed by atoms with Crippen molar-refractivity contribution in [1.82, 2.24) is 9.21 Å². The van der Waals surface area contributed by atoms with Gasteiger partial charge in [-0.3, -0.25) is 4.79 Å². The van der Waals surface area contributed by atoms with Crippen molar-refractivity contribution in [2.75, 3.05) is 56.0 Å². The Hall–Kier alpha value is -2.72. The number of benzene rings is 2. The molecule has 7 nitrogen and oxygen atoms in total. The summed E-state index contributed by atoms with van der Waals surface area (Å²) < 4.78 is 53.9. The van der Waals surface area contributed by atoms with Gasteiger partial charge < -0.3 is 9.80 Å². The summed E-state index contributed by atoms with van der Waals surface area (Å²) in [5.41, 5.74) is 1.08. The Kier molecular flexibility index (Phi) is 6.57. The third-order valence-electron chi connectivity index (χ3n) is 4.96. The second-order valence-electron chi connectivity index (χ2n) is 7.12. The monoisotopic (exact) mass is 438 g/mol. The standard InChI is InChI=1S/C20H24F2N4O3S/c1-23(2)30(28,29)26(19-9-5-17(22)6-10-19)15-20(27)25-13-11-24(12-14-25)18-7-3-16(21)4-8-18/h3-10H,11-15H2,1-2H3. The molecular weight excluding hydrogens is 414 g/mol. The van der Waals surface area contributed by atoms with Crippen molar-refractivity contribution < 1.29 is 22.0 Å². The molecule has 0 bridgehead atoms. The van der Waals surface area contributed by atoms with Gasteiger partial charge in [-0.15, -0.1) is 0 Å². The summed E-state index contributed by atoms with van der Waals surface area (Å²) in [6, 6.07) is 11.1. The van der Waals surface area contributed by atoms with Gasteiger partial charge in [0, 0.05) is 46.0 Å². The molecule has 1 aliphatic heterocycles. The molecule has 0 saturated carbocycles. The van der Waals surface area contributed by atoms with E-state index >= 15 is 0 Å². The molecule has 2 aromatic rings. The predicted octanol–water partition coefficient (Wildman–Crippen LogP) is 1.93. The molecule has 0 aromatic heterocycles. The van der Waals surface area contributed by atoms with Crippen molar-refractivity contribution in [3.05, 3.63) is 60.2 Å². The number of amides is 1. The number of halogens is 2. The molecule has 1 aliphatic rings. The van der Waals surface area contributed by atoms with Gasteiger partial charge in [0.15, 0.2) is 0 Å². The van der Waals surface area contributed by atoms with Gasteiger partial charge in [0.05, 0.1) is 5.69 Å². The Morgan fingerprint density at radius 3 is 1.90 bits per heavy atom. The van der Waals surface area contributed by atoms with Crippen LogP contribution in [0.2, 0.25) is 0 Å². The molecule has 0 atom stereocenters. The van der Waals surface area contributed by atoms with Gasteiger partial charge in [0.1, 0.15) is 18.2 Å². The predicted molar refractivity (Wildman–Crippen MR) is 112 cm³/mol. The van der Waals surface area contributed by atoms with E-state index in [4.69, 9.17) is 0 Å². The third kappa shape index (κ3) is 4.88. The van der Waals surface area contributed by atoms with E-state index in [0.717, 1.165) is 26.4 Å². The van der Waals surface area contributed by atoms with E-state index in [1.165, 1.54) is 38.4 Å². The zero-order chi connectivity index (χ0) is 21.9. The first-order valence-corrected chi connectivity index (χ1v) is 10.8. The number of nitrogens with zero attached hydrogens (tertiary/aromatic N) is 4.